The molecule has 0 aliphatic rings. The van der Waals surface area contributed by atoms with Gasteiger partial charge in [-0.3, -0.25) is 0 Å². The van der Waals surface area contributed by atoms with Crippen molar-refractivity contribution in [1.82, 2.24) is 0 Å². The maximum Gasteiger partial charge on any atom is 0.0413 e. The molecule has 0 aliphatic carbocycles. The van der Waals surface area contributed by atoms with Crippen molar-refractivity contribution in [3.8, 4) is 0 Å². The van der Waals surface area contributed by atoms with E-state index in [1.807, 2.05) is 0 Å². The molecule has 0 aromatic rings. The van der Waals surface area contributed by atoms with Gasteiger partial charge in [-0.2, -0.15) is 0 Å². The van der Waals surface area contributed by atoms with Gasteiger partial charge in [0.15, 0.2) is 0 Å². The number of hydrogen-bond acceptors (Lipinski definition) is 0. The second-order valence-electron chi connectivity index (χ2n) is 3.89. The van der Waals surface area contributed by atoms with Crippen molar-refractivity contribution in [1.29, 1.82) is 0 Å². The van der Waals surface area contributed by atoms with Crippen LogP contribution in [0.5, 0.6) is 0 Å². The lowest BCUT2D eigenvalue weighted by molar-refractivity contribution is 0.906. The Labute approximate surface area is 106 Å². The summed E-state index contributed by atoms with van der Waals surface area (Å²) >= 11 is 5.82. The molecule has 0 bridgehead atoms. The minimum absolute atomic E-state index is 0.594. The Bertz CT molecular complexity index is 246. The maximum atomic E-state index is 5.82. The molecule has 92 valence electrons. The van der Waals surface area contributed by atoms with Crippen molar-refractivity contribution < 1.29 is 0 Å². The summed E-state index contributed by atoms with van der Waals surface area (Å²) in [6, 6.07) is 0. The van der Waals surface area contributed by atoms with Crippen molar-refractivity contribution >= 4 is 11.6 Å². The Morgan fingerprint density at radius 3 is 2.31 bits per heavy atom. The molecule has 1 heteroatoms. The number of halogens is 1. The van der Waals surface area contributed by atoms with Gasteiger partial charge in [0.2, 0.25) is 0 Å². The van der Waals surface area contributed by atoms with Crippen LogP contribution >= 0.6 is 11.6 Å². The minimum Gasteiger partial charge on any atom is -0.122 e. The third kappa shape index (κ3) is 6.90. The van der Waals surface area contributed by atoms with Gasteiger partial charge in [-0.05, 0) is 30.4 Å². The summed E-state index contributed by atoms with van der Waals surface area (Å²) < 4.78 is 0. The van der Waals surface area contributed by atoms with E-state index in [1.54, 1.807) is 0 Å². The van der Waals surface area contributed by atoms with Crippen LogP contribution in [0.1, 0.15) is 52.9 Å². The first-order valence-electron chi connectivity index (χ1n) is 6.42. The molecule has 0 atom stereocenters. The summed E-state index contributed by atoms with van der Waals surface area (Å²) in [7, 11) is 0. The fourth-order valence-corrected chi connectivity index (χ4v) is 1.81. The smallest absolute Gasteiger partial charge is 0.0413 e. The van der Waals surface area contributed by atoms with E-state index in [0.717, 1.165) is 19.3 Å². The molecule has 0 aromatic heterocycles. The first-order chi connectivity index (χ1) is 7.79. The van der Waals surface area contributed by atoms with Gasteiger partial charge in [-0.1, -0.05) is 57.9 Å². The largest absolute Gasteiger partial charge is 0.122 e. The molecule has 0 aromatic carbocycles. The van der Waals surface area contributed by atoms with Gasteiger partial charge in [-0.25, -0.2) is 0 Å². The van der Waals surface area contributed by atoms with E-state index in [2.05, 4.69) is 45.1 Å². The third-order valence-corrected chi connectivity index (χ3v) is 2.54. The molecule has 0 spiro atoms. The van der Waals surface area contributed by atoms with E-state index in [-0.39, 0.29) is 0 Å². The highest BCUT2D eigenvalue weighted by Gasteiger charge is 2.00. The SMILES string of the molecule is CC/C=C(CCC)/C(/C=C\CCC)=C/CCl. The van der Waals surface area contributed by atoms with Gasteiger partial charge in [0.05, 0.1) is 0 Å². The van der Waals surface area contributed by atoms with E-state index in [1.165, 1.54) is 24.0 Å². The van der Waals surface area contributed by atoms with Gasteiger partial charge in [-0.15, -0.1) is 11.6 Å². The first-order valence-corrected chi connectivity index (χ1v) is 6.95. The Balaban J connectivity index is 4.72. The quantitative estimate of drug-likeness (QED) is 0.380. The molecule has 0 saturated carbocycles. The van der Waals surface area contributed by atoms with Gasteiger partial charge < -0.3 is 0 Å². The Morgan fingerprint density at radius 1 is 1.06 bits per heavy atom. The summed E-state index contributed by atoms with van der Waals surface area (Å²) in [5.74, 6) is 0.594. The Kier molecular flexibility index (Phi) is 10.7. The molecular weight excluding hydrogens is 216 g/mol. The average molecular weight is 241 g/mol. The molecule has 0 aliphatic heterocycles. The Hall–Kier alpha value is -0.490. The normalized spacial score (nSPS) is 13.8. The fraction of sp³-hybridized carbons (Fsp3) is 0.600. The van der Waals surface area contributed by atoms with Crippen LogP contribution in [0, 0.1) is 0 Å². The monoisotopic (exact) mass is 240 g/mol. The summed E-state index contributed by atoms with van der Waals surface area (Å²) in [4.78, 5) is 0. The second kappa shape index (κ2) is 11.0. The number of allylic oxidation sites excluding steroid dienone is 6. The molecule has 0 saturated heterocycles. The van der Waals surface area contributed by atoms with Crippen LogP contribution in [0.4, 0.5) is 0 Å². The summed E-state index contributed by atoms with van der Waals surface area (Å²) in [6.07, 6.45) is 14.7. The van der Waals surface area contributed by atoms with Crippen molar-refractivity contribution in [2.24, 2.45) is 0 Å². The lowest BCUT2D eigenvalue weighted by atomic mass is 9.99. The number of hydrogen-bond donors (Lipinski definition) is 0. The lowest BCUT2D eigenvalue weighted by Crippen LogP contribution is -1.88. The molecular formula is C15H25Cl. The minimum atomic E-state index is 0.594. The van der Waals surface area contributed by atoms with E-state index in [4.69, 9.17) is 11.6 Å². The first kappa shape index (κ1) is 15.5. The summed E-state index contributed by atoms with van der Waals surface area (Å²) in [5.41, 5.74) is 2.75. The topological polar surface area (TPSA) is 0 Å². The van der Waals surface area contributed by atoms with Crippen LogP contribution in [0.3, 0.4) is 0 Å². The van der Waals surface area contributed by atoms with E-state index in [0.29, 0.717) is 5.88 Å². The highest BCUT2D eigenvalue weighted by molar-refractivity contribution is 6.19. The number of alkyl halides is 1. The van der Waals surface area contributed by atoms with Crippen LogP contribution in [-0.4, -0.2) is 5.88 Å². The predicted molar refractivity (Wildman–Crippen MR) is 76.1 cm³/mol. The Morgan fingerprint density at radius 2 is 1.81 bits per heavy atom. The zero-order valence-corrected chi connectivity index (χ0v) is 11.7. The maximum absolute atomic E-state index is 5.82. The highest BCUT2D eigenvalue weighted by Crippen LogP contribution is 2.19. The third-order valence-electron chi connectivity index (χ3n) is 2.39. The average Bonchev–Trinajstić information content (AvgIpc) is 2.28. The fourth-order valence-electron chi connectivity index (χ4n) is 1.65. The zero-order valence-electron chi connectivity index (χ0n) is 10.9. The van der Waals surface area contributed by atoms with Crippen molar-refractivity contribution in [2.45, 2.75) is 52.9 Å². The van der Waals surface area contributed by atoms with Crippen molar-refractivity contribution in [3.05, 3.63) is 35.5 Å². The van der Waals surface area contributed by atoms with E-state index < -0.39 is 0 Å². The molecule has 0 N–H and O–H groups in total. The van der Waals surface area contributed by atoms with Crippen molar-refractivity contribution in [3.63, 3.8) is 0 Å². The molecule has 0 heterocycles. The van der Waals surface area contributed by atoms with Gasteiger partial charge in [0, 0.05) is 5.88 Å². The number of unbranched alkanes of at least 4 members (excludes halogenated alkanes) is 1. The van der Waals surface area contributed by atoms with E-state index >= 15 is 0 Å². The molecule has 0 amide bonds. The molecule has 0 unspecified atom stereocenters. The predicted octanol–water partition coefficient (Wildman–Crippen LogP) is 5.64. The molecule has 0 rings (SSSR count). The van der Waals surface area contributed by atoms with Crippen LogP contribution in [0.15, 0.2) is 35.5 Å². The van der Waals surface area contributed by atoms with Gasteiger partial charge in [0.25, 0.3) is 0 Å². The van der Waals surface area contributed by atoms with Crippen LogP contribution in [0.2, 0.25) is 0 Å². The second-order valence-corrected chi connectivity index (χ2v) is 4.20. The summed E-state index contributed by atoms with van der Waals surface area (Å²) in [6.45, 7) is 6.60. The standard InChI is InChI=1S/C15H25Cl/c1-4-7-8-11-15(12-13-16)14(9-5-2)10-6-3/h8-9,11-12H,4-7,10,13H2,1-3H3/b11-8-,14-9+,15-12+. The lowest BCUT2D eigenvalue weighted by Gasteiger charge is -2.07. The number of rotatable bonds is 8. The molecule has 0 nitrogen and oxygen atoms in total. The van der Waals surface area contributed by atoms with Crippen LogP contribution in [0.25, 0.3) is 0 Å². The van der Waals surface area contributed by atoms with E-state index in [9.17, 15) is 0 Å². The highest BCUT2D eigenvalue weighted by atomic mass is 35.5. The summed E-state index contributed by atoms with van der Waals surface area (Å²) in [5, 5.41) is 0. The molecule has 0 fully saturated rings. The van der Waals surface area contributed by atoms with Gasteiger partial charge in [0.1, 0.15) is 0 Å². The van der Waals surface area contributed by atoms with Crippen molar-refractivity contribution in [2.75, 3.05) is 5.88 Å². The molecule has 16 heavy (non-hydrogen) atoms. The van der Waals surface area contributed by atoms with Crippen LogP contribution in [-0.2, 0) is 0 Å². The van der Waals surface area contributed by atoms with Crippen LogP contribution < -0.4 is 0 Å². The molecule has 0 radical (unpaired) electrons. The zero-order chi connectivity index (χ0) is 12.2. The van der Waals surface area contributed by atoms with Gasteiger partial charge >= 0.3 is 0 Å².